The maximum atomic E-state index is 12.3. The molecule has 16 heavy (non-hydrogen) atoms. The predicted molar refractivity (Wildman–Crippen MR) is 68.1 cm³/mol. The molecule has 2 fully saturated rings. The molecule has 1 amide bonds. The van der Waals surface area contributed by atoms with Crippen LogP contribution in [0, 0.1) is 5.41 Å². The van der Waals surface area contributed by atoms with Gasteiger partial charge in [-0.1, -0.05) is 31.5 Å². The van der Waals surface area contributed by atoms with E-state index in [1.54, 1.807) is 0 Å². The van der Waals surface area contributed by atoms with Crippen molar-refractivity contribution in [3.8, 4) is 0 Å². The van der Waals surface area contributed by atoms with Gasteiger partial charge in [0.2, 0.25) is 5.91 Å². The number of nitrogens with one attached hydrogen (secondary N) is 1. The van der Waals surface area contributed by atoms with Gasteiger partial charge in [0, 0.05) is 5.54 Å². The fourth-order valence-electron chi connectivity index (χ4n) is 2.79. The smallest absolute Gasteiger partial charge is 0.233 e. The Balaban J connectivity index is 2.04. The van der Waals surface area contributed by atoms with Crippen LogP contribution in [0.3, 0.4) is 0 Å². The molecule has 0 saturated heterocycles. The van der Waals surface area contributed by atoms with E-state index in [9.17, 15) is 4.79 Å². The van der Waals surface area contributed by atoms with Gasteiger partial charge in [-0.05, 0) is 32.6 Å². The summed E-state index contributed by atoms with van der Waals surface area (Å²) in [4.78, 5) is 12.6. The second kappa shape index (κ2) is 3.99. The number of rotatable bonds is 3. The minimum Gasteiger partial charge on any atom is -0.392 e. The molecule has 0 bridgehead atoms. The van der Waals surface area contributed by atoms with Crippen LogP contribution in [0.5, 0.6) is 0 Å². The molecular weight excluding hydrogens is 220 g/mol. The third kappa shape index (κ3) is 1.83. The number of hydrogen-bond acceptors (Lipinski definition) is 2. The van der Waals surface area contributed by atoms with E-state index in [0.717, 1.165) is 32.1 Å². The molecule has 2 saturated carbocycles. The zero-order chi connectivity index (χ0) is 11.8. The Bertz CT molecular complexity index is 317. The minimum absolute atomic E-state index is 0.0234. The lowest BCUT2D eigenvalue weighted by Crippen LogP contribution is -2.57. The SMILES string of the molecule is CC1(NC(=O)C2(C(N)=S)CCC2)CCCC1. The van der Waals surface area contributed by atoms with Crippen LogP contribution in [0.25, 0.3) is 0 Å². The third-order valence-corrected chi connectivity index (χ3v) is 4.63. The molecule has 0 radical (unpaired) electrons. The van der Waals surface area contributed by atoms with Crippen LogP contribution in [0.15, 0.2) is 0 Å². The van der Waals surface area contributed by atoms with Crippen molar-refractivity contribution in [2.24, 2.45) is 11.1 Å². The second-order valence-corrected chi connectivity index (χ2v) is 5.96. The van der Waals surface area contributed by atoms with E-state index in [4.69, 9.17) is 18.0 Å². The standard InChI is InChI=1S/C12H20N2OS/c1-11(5-2-3-6-11)14-10(15)12(9(13)16)7-4-8-12/h2-8H2,1H3,(H2,13,16)(H,14,15). The topological polar surface area (TPSA) is 55.1 Å². The summed E-state index contributed by atoms with van der Waals surface area (Å²) in [6.07, 6.45) is 7.27. The van der Waals surface area contributed by atoms with E-state index in [2.05, 4.69) is 12.2 Å². The van der Waals surface area contributed by atoms with Gasteiger partial charge >= 0.3 is 0 Å². The van der Waals surface area contributed by atoms with Gasteiger partial charge in [-0.15, -0.1) is 0 Å². The molecule has 2 aliphatic rings. The lowest BCUT2D eigenvalue weighted by molar-refractivity contribution is -0.132. The first-order chi connectivity index (χ1) is 7.49. The molecule has 0 unspecified atom stereocenters. The average molecular weight is 240 g/mol. The summed E-state index contributed by atoms with van der Waals surface area (Å²) in [5.74, 6) is 0.0654. The van der Waals surface area contributed by atoms with Crippen molar-refractivity contribution in [1.29, 1.82) is 0 Å². The summed E-state index contributed by atoms with van der Waals surface area (Å²) in [6.45, 7) is 2.13. The van der Waals surface area contributed by atoms with E-state index >= 15 is 0 Å². The Kier molecular flexibility index (Phi) is 2.95. The Labute approximate surface area is 102 Å². The largest absolute Gasteiger partial charge is 0.392 e. The van der Waals surface area contributed by atoms with Gasteiger partial charge in [-0.2, -0.15) is 0 Å². The van der Waals surface area contributed by atoms with Gasteiger partial charge in [0.05, 0.1) is 10.4 Å². The number of hydrogen-bond donors (Lipinski definition) is 2. The van der Waals surface area contributed by atoms with Gasteiger partial charge < -0.3 is 11.1 Å². The first-order valence-corrected chi connectivity index (χ1v) is 6.52. The zero-order valence-corrected chi connectivity index (χ0v) is 10.7. The maximum Gasteiger partial charge on any atom is 0.233 e. The highest BCUT2D eigenvalue weighted by Crippen LogP contribution is 2.42. The van der Waals surface area contributed by atoms with Crippen LogP contribution in [0.2, 0.25) is 0 Å². The highest BCUT2D eigenvalue weighted by molar-refractivity contribution is 7.80. The predicted octanol–water partition coefficient (Wildman–Crippen LogP) is 1.89. The molecule has 3 N–H and O–H groups in total. The highest BCUT2D eigenvalue weighted by Gasteiger charge is 2.48. The van der Waals surface area contributed by atoms with Crippen LogP contribution >= 0.6 is 12.2 Å². The van der Waals surface area contributed by atoms with Gasteiger partial charge in [-0.25, -0.2) is 0 Å². The summed E-state index contributed by atoms with van der Waals surface area (Å²) in [7, 11) is 0. The maximum absolute atomic E-state index is 12.3. The number of carbonyl (C=O) groups excluding carboxylic acids is 1. The number of carbonyl (C=O) groups is 1. The van der Waals surface area contributed by atoms with E-state index < -0.39 is 5.41 Å². The van der Waals surface area contributed by atoms with Gasteiger partial charge in [-0.3, -0.25) is 4.79 Å². The minimum atomic E-state index is -0.527. The van der Waals surface area contributed by atoms with Crippen LogP contribution in [-0.4, -0.2) is 16.4 Å². The molecule has 0 aromatic carbocycles. The molecule has 2 rings (SSSR count). The summed E-state index contributed by atoms with van der Waals surface area (Å²) in [6, 6.07) is 0. The first kappa shape index (κ1) is 11.8. The molecule has 0 spiro atoms. The zero-order valence-electron chi connectivity index (χ0n) is 9.84. The Hall–Kier alpha value is -0.640. The molecule has 2 aliphatic carbocycles. The molecule has 3 nitrogen and oxygen atoms in total. The quantitative estimate of drug-likeness (QED) is 0.741. The number of amides is 1. The van der Waals surface area contributed by atoms with Crippen molar-refractivity contribution in [2.75, 3.05) is 0 Å². The molecule has 0 aliphatic heterocycles. The van der Waals surface area contributed by atoms with E-state index in [0.29, 0.717) is 4.99 Å². The van der Waals surface area contributed by atoms with Gasteiger partial charge in [0.15, 0.2) is 0 Å². The average Bonchev–Trinajstić information content (AvgIpc) is 2.48. The van der Waals surface area contributed by atoms with Crippen LogP contribution < -0.4 is 11.1 Å². The molecule has 0 aromatic rings. The normalized spacial score (nSPS) is 25.8. The van der Waals surface area contributed by atoms with Crippen molar-refractivity contribution >= 4 is 23.1 Å². The van der Waals surface area contributed by atoms with Crippen LogP contribution in [0.1, 0.15) is 51.9 Å². The fraction of sp³-hybridized carbons (Fsp3) is 0.833. The van der Waals surface area contributed by atoms with Crippen LogP contribution in [-0.2, 0) is 4.79 Å². The molecule has 90 valence electrons. The van der Waals surface area contributed by atoms with Crippen molar-refractivity contribution < 1.29 is 4.79 Å². The third-order valence-electron chi connectivity index (χ3n) is 4.24. The summed E-state index contributed by atoms with van der Waals surface area (Å²) in [5, 5.41) is 3.17. The lowest BCUT2D eigenvalue weighted by atomic mass is 9.67. The molecule has 0 aromatic heterocycles. The number of thiocarbonyl (C=S) groups is 1. The summed E-state index contributed by atoms with van der Waals surface area (Å²) in [5.41, 5.74) is 5.17. The van der Waals surface area contributed by atoms with E-state index in [1.165, 1.54) is 12.8 Å². The van der Waals surface area contributed by atoms with Crippen molar-refractivity contribution in [3.63, 3.8) is 0 Å². The van der Waals surface area contributed by atoms with Gasteiger partial charge in [0.1, 0.15) is 0 Å². The van der Waals surface area contributed by atoms with Gasteiger partial charge in [0.25, 0.3) is 0 Å². The first-order valence-electron chi connectivity index (χ1n) is 6.11. The van der Waals surface area contributed by atoms with Crippen LogP contribution in [0.4, 0.5) is 0 Å². The summed E-state index contributed by atoms with van der Waals surface area (Å²) < 4.78 is 0. The molecule has 0 atom stereocenters. The molecule has 4 heteroatoms. The monoisotopic (exact) mass is 240 g/mol. The molecular formula is C12H20N2OS. The lowest BCUT2D eigenvalue weighted by Gasteiger charge is -2.41. The fourth-order valence-corrected chi connectivity index (χ4v) is 3.09. The summed E-state index contributed by atoms with van der Waals surface area (Å²) >= 11 is 5.05. The van der Waals surface area contributed by atoms with Crippen molar-refractivity contribution in [2.45, 2.75) is 57.4 Å². The molecule has 0 heterocycles. The second-order valence-electron chi connectivity index (χ2n) is 5.52. The van der Waals surface area contributed by atoms with E-state index in [1.807, 2.05) is 0 Å². The van der Waals surface area contributed by atoms with Crippen molar-refractivity contribution in [1.82, 2.24) is 5.32 Å². The Morgan fingerprint density at radius 2 is 1.75 bits per heavy atom. The number of nitrogens with two attached hydrogens (primary N) is 1. The Morgan fingerprint density at radius 3 is 2.12 bits per heavy atom. The van der Waals surface area contributed by atoms with Crippen molar-refractivity contribution in [3.05, 3.63) is 0 Å². The highest BCUT2D eigenvalue weighted by atomic mass is 32.1. The van der Waals surface area contributed by atoms with E-state index in [-0.39, 0.29) is 11.4 Å². The Morgan fingerprint density at radius 1 is 1.19 bits per heavy atom.